The van der Waals surface area contributed by atoms with Gasteiger partial charge in [-0.15, -0.1) is 0 Å². The van der Waals surface area contributed by atoms with Gasteiger partial charge in [0, 0.05) is 18.3 Å². The van der Waals surface area contributed by atoms with E-state index in [9.17, 15) is 9.59 Å². The first-order valence-corrected chi connectivity index (χ1v) is 12.8. The summed E-state index contributed by atoms with van der Waals surface area (Å²) in [5.41, 5.74) is 1.41. The van der Waals surface area contributed by atoms with E-state index in [1.165, 1.54) is 37.7 Å². The lowest BCUT2D eigenvalue weighted by Gasteiger charge is -2.50. The Kier molecular flexibility index (Phi) is 8.21. The molecule has 30 heavy (non-hydrogen) atoms. The van der Waals surface area contributed by atoms with Crippen molar-refractivity contribution in [1.29, 1.82) is 0 Å². The molecule has 0 aromatic carbocycles. The van der Waals surface area contributed by atoms with Gasteiger partial charge in [-0.3, -0.25) is 9.59 Å². The monoisotopic (exact) mass is 416 g/mol. The number of esters is 1. The molecule has 2 saturated carbocycles. The van der Waals surface area contributed by atoms with E-state index in [4.69, 9.17) is 4.74 Å². The fourth-order valence-corrected chi connectivity index (χ4v) is 6.89. The highest BCUT2D eigenvalue weighted by Crippen LogP contribution is 2.60. The Morgan fingerprint density at radius 3 is 2.67 bits per heavy atom. The van der Waals surface area contributed by atoms with Crippen LogP contribution in [0.15, 0.2) is 11.6 Å². The van der Waals surface area contributed by atoms with Crippen molar-refractivity contribution in [3.05, 3.63) is 11.6 Å². The first kappa shape index (κ1) is 23.5. The third-order valence-electron chi connectivity index (χ3n) is 8.87. The van der Waals surface area contributed by atoms with Gasteiger partial charge < -0.3 is 4.74 Å². The first-order valence-electron chi connectivity index (χ1n) is 12.8. The van der Waals surface area contributed by atoms with Crippen LogP contribution in [-0.2, 0) is 14.3 Å². The molecule has 0 aromatic heterocycles. The summed E-state index contributed by atoms with van der Waals surface area (Å²) in [6.45, 7) is 9.10. The lowest BCUT2D eigenvalue weighted by Crippen LogP contribution is -2.46. The molecule has 3 rings (SSSR count). The molecular weight excluding hydrogens is 372 g/mol. The van der Waals surface area contributed by atoms with E-state index in [0.29, 0.717) is 42.3 Å². The minimum Gasteiger partial charge on any atom is -0.462 e. The highest BCUT2D eigenvalue weighted by Gasteiger charge is 2.55. The van der Waals surface area contributed by atoms with E-state index >= 15 is 0 Å². The number of carbonyl (C=O) groups is 2. The number of carbonyl (C=O) groups excluding carboxylic acids is 2. The largest absolute Gasteiger partial charge is 0.462 e. The van der Waals surface area contributed by atoms with Crippen LogP contribution < -0.4 is 0 Å². The fourth-order valence-electron chi connectivity index (χ4n) is 6.89. The Hall–Kier alpha value is -1.12. The molecular formula is C27H44O3. The van der Waals surface area contributed by atoms with Gasteiger partial charge in [0.05, 0.1) is 0 Å². The molecule has 0 spiro atoms. The average molecular weight is 417 g/mol. The van der Waals surface area contributed by atoms with Gasteiger partial charge in [0.2, 0.25) is 0 Å². The van der Waals surface area contributed by atoms with Crippen LogP contribution in [0.25, 0.3) is 0 Å². The van der Waals surface area contributed by atoms with E-state index in [1.807, 2.05) is 6.08 Å². The second-order valence-electron chi connectivity index (χ2n) is 10.7. The second-order valence-corrected chi connectivity index (χ2v) is 10.7. The molecule has 170 valence electrons. The number of fused-ring (bicyclic) bond motifs is 3. The standard InChI is InChI=1S/C27H44O3/c1-5-6-7-8-13-26(29)30-25-15-14-24-23-12-10-9-11-21(28)18-19(2)20(3)22(23)16-17-27(24,25)4/h18,20,22-25H,5-17H2,1-4H3/b19-18-/t20-,22+,23+,24-,25-,27-/m0/s1. The number of ketones is 1. The SMILES string of the molecule is CCCCCCC(=O)O[C@H]1CC[C@H]2[C@@H]3CCCCC(=O)/C=C(/C)[C@H](C)[C@H]3CC[C@]12C. The third-order valence-corrected chi connectivity index (χ3v) is 8.87. The molecule has 0 aromatic rings. The molecule has 0 heterocycles. The molecule has 3 nitrogen and oxygen atoms in total. The van der Waals surface area contributed by atoms with E-state index < -0.39 is 0 Å². The lowest BCUT2D eigenvalue weighted by atomic mass is 9.56. The van der Waals surface area contributed by atoms with Crippen molar-refractivity contribution >= 4 is 11.8 Å². The highest BCUT2D eigenvalue weighted by atomic mass is 16.5. The summed E-state index contributed by atoms with van der Waals surface area (Å²) < 4.78 is 6.11. The summed E-state index contributed by atoms with van der Waals surface area (Å²) in [4.78, 5) is 24.7. The zero-order chi connectivity index (χ0) is 21.7. The molecule has 2 fully saturated rings. The number of unbranched alkanes of at least 4 members (excludes halogenated alkanes) is 3. The average Bonchev–Trinajstić information content (AvgIpc) is 3.04. The summed E-state index contributed by atoms with van der Waals surface area (Å²) in [5.74, 6) is 2.82. The Labute approximate surface area is 184 Å². The number of rotatable bonds is 6. The van der Waals surface area contributed by atoms with E-state index in [2.05, 4.69) is 27.7 Å². The molecule has 6 atom stereocenters. The van der Waals surface area contributed by atoms with Crippen molar-refractivity contribution in [1.82, 2.24) is 0 Å². The maximum Gasteiger partial charge on any atom is 0.306 e. The molecule has 0 bridgehead atoms. The van der Waals surface area contributed by atoms with Crippen LogP contribution in [0, 0.1) is 29.1 Å². The van der Waals surface area contributed by atoms with Crippen LogP contribution in [0.2, 0.25) is 0 Å². The normalized spacial score (nSPS) is 38.9. The molecule has 0 N–H and O–H groups in total. The van der Waals surface area contributed by atoms with Gasteiger partial charge in [0.25, 0.3) is 0 Å². The minimum absolute atomic E-state index is 0.0247. The minimum atomic E-state index is 0.0247. The molecule has 0 aliphatic heterocycles. The van der Waals surface area contributed by atoms with Gasteiger partial charge in [-0.1, -0.05) is 52.0 Å². The van der Waals surface area contributed by atoms with Crippen LogP contribution >= 0.6 is 0 Å². The van der Waals surface area contributed by atoms with Crippen molar-refractivity contribution in [2.24, 2.45) is 29.1 Å². The lowest BCUT2D eigenvalue weighted by molar-refractivity contribution is -0.158. The van der Waals surface area contributed by atoms with E-state index in [0.717, 1.165) is 38.5 Å². The van der Waals surface area contributed by atoms with E-state index in [-0.39, 0.29) is 17.5 Å². The van der Waals surface area contributed by atoms with Crippen LogP contribution in [-0.4, -0.2) is 17.9 Å². The number of allylic oxidation sites excluding steroid dienone is 2. The first-order chi connectivity index (χ1) is 14.4. The third kappa shape index (κ3) is 5.19. The molecule has 0 amide bonds. The fraction of sp³-hybridized carbons (Fsp3) is 0.852. The van der Waals surface area contributed by atoms with Crippen molar-refractivity contribution in [3.63, 3.8) is 0 Å². The number of hydrogen-bond acceptors (Lipinski definition) is 3. The van der Waals surface area contributed by atoms with Crippen LogP contribution in [0.3, 0.4) is 0 Å². The van der Waals surface area contributed by atoms with Crippen LogP contribution in [0.5, 0.6) is 0 Å². The van der Waals surface area contributed by atoms with Crippen molar-refractivity contribution in [2.45, 2.75) is 117 Å². The van der Waals surface area contributed by atoms with Gasteiger partial charge in [-0.25, -0.2) is 0 Å². The number of ether oxygens (including phenoxy) is 1. The molecule has 0 unspecified atom stereocenters. The van der Waals surface area contributed by atoms with Crippen LogP contribution in [0.4, 0.5) is 0 Å². The summed E-state index contributed by atoms with van der Waals surface area (Å²) in [6, 6.07) is 0. The van der Waals surface area contributed by atoms with E-state index in [1.54, 1.807) is 0 Å². The smallest absolute Gasteiger partial charge is 0.306 e. The summed E-state index contributed by atoms with van der Waals surface area (Å²) in [7, 11) is 0. The summed E-state index contributed by atoms with van der Waals surface area (Å²) in [5, 5.41) is 0. The molecule has 3 heteroatoms. The topological polar surface area (TPSA) is 43.4 Å². The van der Waals surface area contributed by atoms with Gasteiger partial charge in [0.15, 0.2) is 5.78 Å². The quantitative estimate of drug-likeness (QED) is 0.344. The van der Waals surface area contributed by atoms with Crippen molar-refractivity contribution in [2.75, 3.05) is 0 Å². The maximum atomic E-state index is 12.5. The highest BCUT2D eigenvalue weighted by molar-refractivity contribution is 5.90. The Morgan fingerprint density at radius 2 is 1.90 bits per heavy atom. The zero-order valence-corrected chi connectivity index (χ0v) is 19.9. The van der Waals surface area contributed by atoms with Gasteiger partial charge in [-0.2, -0.15) is 0 Å². The number of hydrogen-bond donors (Lipinski definition) is 0. The van der Waals surface area contributed by atoms with Gasteiger partial charge in [0.1, 0.15) is 6.10 Å². The van der Waals surface area contributed by atoms with Crippen molar-refractivity contribution in [3.8, 4) is 0 Å². The predicted octanol–water partition coefficient (Wildman–Crippen LogP) is 7.04. The second kappa shape index (κ2) is 10.5. The Bertz CT molecular complexity index is 636. The van der Waals surface area contributed by atoms with Gasteiger partial charge in [-0.05, 0) is 81.6 Å². The Morgan fingerprint density at radius 1 is 1.10 bits per heavy atom. The van der Waals surface area contributed by atoms with Crippen molar-refractivity contribution < 1.29 is 14.3 Å². The van der Waals surface area contributed by atoms with Gasteiger partial charge >= 0.3 is 5.97 Å². The molecule has 3 aliphatic rings. The molecule has 3 aliphatic carbocycles. The predicted molar refractivity (Wildman–Crippen MR) is 122 cm³/mol. The van der Waals surface area contributed by atoms with Crippen LogP contribution in [0.1, 0.15) is 111 Å². The summed E-state index contributed by atoms with van der Waals surface area (Å²) >= 11 is 0. The Balaban J connectivity index is 1.69. The maximum absolute atomic E-state index is 12.5. The summed E-state index contributed by atoms with van der Waals surface area (Å²) in [6.07, 6.45) is 15.8. The molecule has 0 saturated heterocycles. The molecule has 0 radical (unpaired) electrons. The zero-order valence-electron chi connectivity index (χ0n) is 19.9.